The minimum Gasteiger partial charge on any atom is -0.395 e. The highest BCUT2D eigenvalue weighted by molar-refractivity contribution is 5.95. The molecule has 6 nitrogen and oxygen atoms in total. The van der Waals surface area contributed by atoms with Gasteiger partial charge in [-0.05, 0) is 27.3 Å². The molecule has 0 fully saturated rings. The zero-order valence-corrected chi connectivity index (χ0v) is 11.0. The van der Waals surface area contributed by atoms with E-state index in [1.54, 1.807) is 4.90 Å². The van der Waals surface area contributed by atoms with Crippen LogP contribution in [0.25, 0.3) is 0 Å². The van der Waals surface area contributed by atoms with Crippen molar-refractivity contribution in [1.29, 1.82) is 0 Å². The van der Waals surface area contributed by atoms with Crippen molar-refractivity contribution in [3.8, 4) is 0 Å². The third-order valence-corrected chi connectivity index (χ3v) is 1.97. The second-order valence-electron chi connectivity index (χ2n) is 4.84. The number of hydrogen-bond acceptors (Lipinski definition) is 4. The van der Waals surface area contributed by atoms with Crippen LogP contribution in [-0.2, 0) is 4.79 Å². The predicted molar refractivity (Wildman–Crippen MR) is 65.6 cm³/mol. The zero-order valence-electron chi connectivity index (χ0n) is 11.0. The first kappa shape index (κ1) is 15.9. The minimum atomic E-state index is -0.498. The van der Waals surface area contributed by atoms with E-state index in [1.807, 2.05) is 27.7 Å². The van der Waals surface area contributed by atoms with Gasteiger partial charge in [0.05, 0.1) is 13.2 Å². The maximum atomic E-state index is 11.5. The number of aliphatic hydroxyl groups is 1. The molecule has 0 aliphatic carbocycles. The summed E-state index contributed by atoms with van der Waals surface area (Å²) in [4.78, 5) is 24.6. The summed E-state index contributed by atoms with van der Waals surface area (Å²) < 4.78 is 0. The van der Waals surface area contributed by atoms with Crippen molar-refractivity contribution in [3.63, 3.8) is 0 Å². The first-order valence-corrected chi connectivity index (χ1v) is 5.73. The number of amides is 3. The Morgan fingerprint density at radius 2 is 1.88 bits per heavy atom. The molecule has 0 heterocycles. The Bertz CT molecular complexity index is 261. The molecule has 0 atom stereocenters. The Kier molecular flexibility index (Phi) is 6.75. The fourth-order valence-electron chi connectivity index (χ4n) is 1.23. The number of hydrogen-bond donors (Lipinski definition) is 3. The fourth-order valence-corrected chi connectivity index (χ4v) is 1.23. The van der Waals surface area contributed by atoms with Crippen molar-refractivity contribution < 1.29 is 14.7 Å². The topological polar surface area (TPSA) is 81.7 Å². The predicted octanol–water partition coefficient (Wildman–Crippen LogP) is -0.0751. The number of imide groups is 1. The lowest BCUT2D eigenvalue weighted by molar-refractivity contribution is -0.121. The van der Waals surface area contributed by atoms with Gasteiger partial charge in [0, 0.05) is 12.1 Å². The number of rotatable bonds is 5. The molecule has 100 valence electrons. The molecular formula is C11H23N3O3. The Balaban J connectivity index is 4.04. The van der Waals surface area contributed by atoms with Crippen LogP contribution in [-0.4, -0.2) is 53.7 Å². The smallest absolute Gasteiger partial charge is 0.321 e. The Labute approximate surface area is 102 Å². The van der Waals surface area contributed by atoms with Gasteiger partial charge in [0.2, 0.25) is 5.91 Å². The summed E-state index contributed by atoms with van der Waals surface area (Å²) in [5, 5.41) is 13.6. The number of carbonyl (C=O) groups is 2. The molecule has 6 heteroatoms. The molecule has 17 heavy (non-hydrogen) atoms. The second-order valence-corrected chi connectivity index (χ2v) is 4.84. The van der Waals surface area contributed by atoms with Crippen molar-refractivity contribution in [1.82, 2.24) is 15.5 Å². The Morgan fingerprint density at radius 1 is 1.29 bits per heavy atom. The maximum absolute atomic E-state index is 11.5. The molecule has 0 bridgehead atoms. The van der Waals surface area contributed by atoms with Crippen molar-refractivity contribution in [2.45, 2.75) is 33.2 Å². The Hall–Kier alpha value is -1.14. The molecule has 0 aliphatic heterocycles. The maximum Gasteiger partial charge on any atom is 0.321 e. The third kappa shape index (κ3) is 8.65. The van der Waals surface area contributed by atoms with Crippen molar-refractivity contribution in [2.24, 2.45) is 0 Å². The van der Waals surface area contributed by atoms with Crippen LogP contribution in [0, 0.1) is 0 Å². The third-order valence-electron chi connectivity index (χ3n) is 1.97. The van der Waals surface area contributed by atoms with Crippen molar-refractivity contribution in [2.75, 3.05) is 26.2 Å². The summed E-state index contributed by atoms with van der Waals surface area (Å²) in [6, 6.07) is -0.498. The van der Waals surface area contributed by atoms with E-state index in [1.165, 1.54) is 0 Å². The van der Waals surface area contributed by atoms with Gasteiger partial charge in [0.1, 0.15) is 0 Å². The lowest BCUT2D eigenvalue weighted by Crippen LogP contribution is -2.50. The monoisotopic (exact) mass is 245 g/mol. The Morgan fingerprint density at radius 3 is 2.29 bits per heavy atom. The van der Waals surface area contributed by atoms with E-state index in [0.29, 0.717) is 13.1 Å². The highest BCUT2D eigenvalue weighted by atomic mass is 16.3. The van der Waals surface area contributed by atoms with Gasteiger partial charge in [-0.1, -0.05) is 6.92 Å². The average molecular weight is 245 g/mol. The molecule has 3 amide bonds. The molecule has 0 saturated carbocycles. The highest BCUT2D eigenvalue weighted by Crippen LogP contribution is 1.97. The van der Waals surface area contributed by atoms with Gasteiger partial charge in [-0.2, -0.15) is 0 Å². The van der Waals surface area contributed by atoms with Crippen LogP contribution in [0.3, 0.4) is 0 Å². The van der Waals surface area contributed by atoms with E-state index in [2.05, 4.69) is 10.6 Å². The van der Waals surface area contributed by atoms with Gasteiger partial charge in [-0.25, -0.2) is 4.79 Å². The van der Waals surface area contributed by atoms with Crippen LogP contribution in [0.2, 0.25) is 0 Å². The summed E-state index contributed by atoms with van der Waals surface area (Å²) in [5.41, 5.74) is -0.375. The summed E-state index contributed by atoms with van der Waals surface area (Å²) in [5.74, 6) is -0.373. The average Bonchev–Trinajstić information content (AvgIpc) is 2.13. The molecule has 0 rings (SSSR count). The molecule has 0 aromatic carbocycles. The van der Waals surface area contributed by atoms with Crippen LogP contribution in [0.1, 0.15) is 27.7 Å². The van der Waals surface area contributed by atoms with E-state index >= 15 is 0 Å². The van der Waals surface area contributed by atoms with Gasteiger partial charge in [-0.15, -0.1) is 0 Å². The highest BCUT2D eigenvalue weighted by Gasteiger charge is 2.16. The molecule has 0 aromatic heterocycles. The zero-order chi connectivity index (χ0) is 13.5. The summed E-state index contributed by atoms with van der Waals surface area (Å²) >= 11 is 0. The van der Waals surface area contributed by atoms with Crippen LogP contribution < -0.4 is 10.6 Å². The quantitative estimate of drug-likeness (QED) is 0.633. The number of urea groups is 1. The van der Waals surface area contributed by atoms with Crippen LogP contribution in [0.5, 0.6) is 0 Å². The van der Waals surface area contributed by atoms with Gasteiger partial charge in [-0.3, -0.25) is 15.0 Å². The van der Waals surface area contributed by atoms with Gasteiger partial charge in [0.15, 0.2) is 0 Å². The van der Waals surface area contributed by atoms with Crippen molar-refractivity contribution in [3.05, 3.63) is 0 Å². The van der Waals surface area contributed by atoms with Crippen LogP contribution in [0.4, 0.5) is 4.79 Å². The van der Waals surface area contributed by atoms with E-state index in [4.69, 9.17) is 5.11 Å². The number of likely N-dealkylation sites (N-methyl/N-ethyl adjacent to an activating group) is 1. The van der Waals surface area contributed by atoms with E-state index in [0.717, 1.165) is 0 Å². The molecule has 0 aliphatic rings. The van der Waals surface area contributed by atoms with Crippen LogP contribution >= 0.6 is 0 Å². The summed E-state index contributed by atoms with van der Waals surface area (Å²) in [7, 11) is 0. The van der Waals surface area contributed by atoms with Crippen molar-refractivity contribution >= 4 is 11.9 Å². The molecular weight excluding hydrogens is 222 g/mol. The summed E-state index contributed by atoms with van der Waals surface area (Å²) in [6.45, 7) is 8.56. The number of carbonyl (C=O) groups excluding carboxylic acids is 2. The van der Waals surface area contributed by atoms with Gasteiger partial charge < -0.3 is 10.4 Å². The van der Waals surface area contributed by atoms with Crippen LogP contribution in [0.15, 0.2) is 0 Å². The van der Waals surface area contributed by atoms with E-state index in [9.17, 15) is 9.59 Å². The standard InChI is InChI=1S/C11H23N3O3/c1-5-14(6-7-15)8-9(16)12-10(17)13-11(2,3)4/h15H,5-8H2,1-4H3,(H2,12,13,16,17). The first-order valence-electron chi connectivity index (χ1n) is 5.73. The number of nitrogens with zero attached hydrogens (tertiary/aromatic N) is 1. The van der Waals surface area contributed by atoms with E-state index in [-0.39, 0.29) is 24.6 Å². The fraction of sp³-hybridized carbons (Fsp3) is 0.818. The summed E-state index contributed by atoms with van der Waals surface area (Å²) in [6.07, 6.45) is 0. The normalized spacial score (nSPS) is 11.4. The largest absolute Gasteiger partial charge is 0.395 e. The lowest BCUT2D eigenvalue weighted by atomic mass is 10.1. The number of aliphatic hydroxyl groups excluding tert-OH is 1. The lowest BCUT2D eigenvalue weighted by Gasteiger charge is -2.22. The van der Waals surface area contributed by atoms with E-state index < -0.39 is 6.03 Å². The molecule has 0 saturated heterocycles. The number of nitrogens with one attached hydrogen (secondary N) is 2. The molecule has 0 unspecified atom stereocenters. The first-order chi connectivity index (χ1) is 7.78. The molecule has 0 aromatic rings. The SMILES string of the molecule is CCN(CCO)CC(=O)NC(=O)NC(C)(C)C. The van der Waals surface area contributed by atoms with Gasteiger partial charge in [0.25, 0.3) is 0 Å². The minimum absolute atomic E-state index is 0.00466. The second kappa shape index (κ2) is 7.24. The molecule has 0 spiro atoms. The molecule has 3 N–H and O–H groups in total. The van der Waals surface area contributed by atoms with Gasteiger partial charge >= 0.3 is 6.03 Å². The molecule has 0 radical (unpaired) electrons.